The van der Waals surface area contributed by atoms with E-state index in [0.29, 0.717) is 11.4 Å². The van der Waals surface area contributed by atoms with Crippen LogP contribution in [0.1, 0.15) is 0 Å². The third-order valence-corrected chi connectivity index (χ3v) is 6.42. The van der Waals surface area contributed by atoms with Gasteiger partial charge in [0.1, 0.15) is 5.75 Å². The Bertz CT molecular complexity index is 1090. The molecule has 0 saturated carbocycles. The Labute approximate surface area is 163 Å². The van der Waals surface area contributed by atoms with Gasteiger partial charge in [-0.15, -0.1) is 0 Å². The second-order valence-corrected chi connectivity index (χ2v) is 8.14. The fourth-order valence-corrected chi connectivity index (χ4v) is 4.84. The molecule has 28 heavy (non-hydrogen) atoms. The number of sulfone groups is 1. The molecule has 0 aliphatic carbocycles. The molecule has 1 aliphatic rings. The smallest absolute Gasteiger partial charge is 0.250 e. The maximum Gasteiger partial charge on any atom is 0.250 e. The number of amides is 1. The molecule has 0 saturated heterocycles. The highest BCUT2D eigenvalue weighted by atomic mass is 32.2. The molecule has 0 radical (unpaired) electrons. The van der Waals surface area contributed by atoms with Gasteiger partial charge in [-0.3, -0.25) is 9.69 Å². The molecule has 3 aromatic carbocycles. The molecule has 4 rings (SSSR count). The van der Waals surface area contributed by atoms with E-state index in [0.717, 1.165) is 11.4 Å². The number of fused-ring (bicyclic) bond motifs is 2. The number of benzene rings is 3. The number of para-hydroxylation sites is 2. The Kier molecular flexibility index (Phi) is 4.52. The Hall–Kier alpha value is -3.32. The molecule has 6 nitrogen and oxygen atoms in total. The molecule has 0 bridgehead atoms. The van der Waals surface area contributed by atoms with E-state index >= 15 is 0 Å². The summed E-state index contributed by atoms with van der Waals surface area (Å²) in [5.41, 5.74) is 1.49. The largest absolute Gasteiger partial charge is 0.497 e. The normalized spacial score (nSPS) is 14.0. The Balaban J connectivity index is 1.68. The van der Waals surface area contributed by atoms with Gasteiger partial charge in [0.05, 0.1) is 34.8 Å². The average Bonchev–Trinajstić information content (AvgIpc) is 2.73. The minimum absolute atomic E-state index is 0.00897. The van der Waals surface area contributed by atoms with Crippen LogP contribution in [0.15, 0.2) is 82.6 Å². The van der Waals surface area contributed by atoms with E-state index in [1.165, 1.54) is 17.0 Å². The Morgan fingerprint density at radius 2 is 1.43 bits per heavy atom. The van der Waals surface area contributed by atoms with Crippen LogP contribution in [0, 0.1) is 0 Å². The van der Waals surface area contributed by atoms with Gasteiger partial charge >= 0.3 is 0 Å². The van der Waals surface area contributed by atoms with Gasteiger partial charge in [0, 0.05) is 5.69 Å². The van der Waals surface area contributed by atoms with Crippen LogP contribution in [-0.4, -0.2) is 28.0 Å². The SMILES string of the molecule is COc1ccc(NCC(=O)N2c3ccccc3S(=O)(=O)c3ccccc32)cc1. The number of carbonyl (C=O) groups excluding carboxylic acids is 1. The third kappa shape index (κ3) is 2.99. The predicted molar refractivity (Wildman–Crippen MR) is 107 cm³/mol. The fraction of sp³-hybridized carbons (Fsp3) is 0.0952. The van der Waals surface area contributed by atoms with E-state index in [1.54, 1.807) is 55.6 Å². The number of carbonyl (C=O) groups is 1. The van der Waals surface area contributed by atoms with Crippen molar-refractivity contribution in [3.05, 3.63) is 72.8 Å². The third-order valence-electron chi connectivity index (χ3n) is 4.57. The zero-order valence-electron chi connectivity index (χ0n) is 15.1. The van der Waals surface area contributed by atoms with Gasteiger partial charge in [0.15, 0.2) is 0 Å². The molecule has 7 heteroatoms. The van der Waals surface area contributed by atoms with E-state index < -0.39 is 9.84 Å². The highest BCUT2D eigenvalue weighted by Gasteiger charge is 2.36. The molecule has 0 unspecified atom stereocenters. The Morgan fingerprint density at radius 3 is 1.96 bits per heavy atom. The molecule has 0 spiro atoms. The molecule has 0 atom stereocenters. The summed E-state index contributed by atoms with van der Waals surface area (Å²) in [4.78, 5) is 14.8. The van der Waals surface area contributed by atoms with Crippen molar-refractivity contribution in [3.8, 4) is 5.75 Å². The number of rotatable bonds is 4. The number of nitrogens with zero attached hydrogens (tertiary/aromatic N) is 1. The molecule has 3 aromatic rings. The highest BCUT2D eigenvalue weighted by Crippen LogP contribution is 2.43. The van der Waals surface area contributed by atoms with Crippen LogP contribution in [0.5, 0.6) is 5.75 Å². The van der Waals surface area contributed by atoms with Crippen LogP contribution >= 0.6 is 0 Å². The first-order valence-electron chi connectivity index (χ1n) is 8.66. The minimum Gasteiger partial charge on any atom is -0.497 e. The summed E-state index contributed by atoms with van der Waals surface area (Å²) >= 11 is 0. The summed E-state index contributed by atoms with van der Waals surface area (Å²) in [5.74, 6) is 0.464. The summed E-state index contributed by atoms with van der Waals surface area (Å²) in [6.07, 6.45) is 0. The molecule has 142 valence electrons. The first-order valence-corrected chi connectivity index (χ1v) is 10.1. The summed E-state index contributed by atoms with van der Waals surface area (Å²) in [7, 11) is -2.08. The quantitative estimate of drug-likeness (QED) is 0.732. The second kappa shape index (κ2) is 7.01. The number of nitrogens with one attached hydrogen (secondary N) is 1. The first kappa shape index (κ1) is 18.1. The number of hydrogen-bond donors (Lipinski definition) is 1. The van der Waals surface area contributed by atoms with Gasteiger partial charge in [-0.2, -0.15) is 0 Å². The van der Waals surface area contributed by atoms with Crippen molar-refractivity contribution >= 4 is 32.8 Å². The van der Waals surface area contributed by atoms with Crippen molar-refractivity contribution in [3.63, 3.8) is 0 Å². The number of anilines is 3. The van der Waals surface area contributed by atoms with Gasteiger partial charge in [-0.1, -0.05) is 24.3 Å². The van der Waals surface area contributed by atoms with Gasteiger partial charge < -0.3 is 10.1 Å². The summed E-state index contributed by atoms with van der Waals surface area (Å²) in [5, 5.41) is 3.08. The minimum atomic E-state index is -3.67. The van der Waals surface area contributed by atoms with Crippen molar-refractivity contribution in [1.29, 1.82) is 0 Å². The molecular weight excluding hydrogens is 376 g/mol. The number of ether oxygens (including phenoxy) is 1. The molecule has 1 N–H and O–H groups in total. The van der Waals surface area contributed by atoms with Gasteiger partial charge in [0.25, 0.3) is 5.91 Å². The molecule has 1 aliphatic heterocycles. The fourth-order valence-electron chi connectivity index (χ4n) is 3.22. The van der Waals surface area contributed by atoms with Crippen LogP contribution in [0.4, 0.5) is 17.1 Å². The van der Waals surface area contributed by atoms with Crippen LogP contribution in [0.2, 0.25) is 0 Å². The van der Waals surface area contributed by atoms with Crippen LogP contribution in [0.3, 0.4) is 0 Å². The predicted octanol–water partition coefficient (Wildman–Crippen LogP) is 3.62. The summed E-state index contributed by atoms with van der Waals surface area (Å²) < 4.78 is 31.0. The molecular formula is C21H18N2O4S. The summed E-state index contributed by atoms with van der Waals surface area (Å²) in [6.45, 7) is 0.00897. The average molecular weight is 394 g/mol. The topological polar surface area (TPSA) is 75.7 Å². The lowest BCUT2D eigenvalue weighted by molar-refractivity contribution is -0.116. The van der Waals surface area contributed by atoms with Crippen molar-refractivity contribution in [2.45, 2.75) is 9.79 Å². The number of hydrogen-bond acceptors (Lipinski definition) is 5. The lowest BCUT2D eigenvalue weighted by atomic mass is 10.2. The maximum absolute atomic E-state index is 13.1. The molecule has 1 heterocycles. The van der Waals surface area contributed by atoms with Crippen molar-refractivity contribution < 1.29 is 17.9 Å². The van der Waals surface area contributed by atoms with Crippen molar-refractivity contribution in [1.82, 2.24) is 0 Å². The van der Waals surface area contributed by atoms with E-state index in [1.807, 2.05) is 12.1 Å². The van der Waals surface area contributed by atoms with Gasteiger partial charge in [0.2, 0.25) is 9.84 Å². The van der Waals surface area contributed by atoms with Crippen LogP contribution in [-0.2, 0) is 14.6 Å². The van der Waals surface area contributed by atoms with Crippen molar-refractivity contribution in [2.24, 2.45) is 0 Å². The van der Waals surface area contributed by atoms with E-state index in [4.69, 9.17) is 4.74 Å². The second-order valence-electron chi connectivity index (χ2n) is 6.25. The van der Waals surface area contributed by atoms with Crippen molar-refractivity contribution in [2.75, 3.05) is 23.9 Å². The first-order chi connectivity index (χ1) is 13.5. The molecule has 1 amide bonds. The Morgan fingerprint density at radius 1 is 0.893 bits per heavy atom. The lowest BCUT2D eigenvalue weighted by Crippen LogP contribution is -2.35. The number of methoxy groups -OCH3 is 1. The lowest BCUT2D eigenvalue weighted by Gasteiger charge is -2.31. The van der Waals surface area contributed by atoms with E-state index in [9.17, 15) is 13.2 Å². The van der Waals surface area contributed by atoms with Crippen LogP contribution < -0.4 is 15.0 Å². The standard InChI is InChI=1S/C21H18N2O4S/c1-27-16-12-10-15(11-13-16)22-14-21(24)23-17-6-2-4-8-19(17)28(25,26)20-9-5-3-7-18(20)23/h2-13,22H,14H2,1H3. The van der Waals surface area contributed by atoms with E-state index in [-0.39, 0.29) is 22.2 Å². The van der Waals surface area contributed by atoms with Gasteiger partial charge in [-0.25, -0.2) is 8.42 Å². The molecule has 0 aromatic heterocycles. The monoisotopic (exact) mass is 394 g/mol. The van der Waals surface area contributed by atoms with E-state index in [2.05, 4.69) is 5.32 Å². The zero-order valence-corrected chi connectivity index (χ0v) is 15.9. The molecule has 0 fully saturated rings. The highest BCUT2D eigenvalue weighted by molar-refractivity contribution is 7.92. The summed E-state index contributed by atoms with van der Waals surface area (Å²) in [6, 6.07) is 20.3. The van der Waals surface area contributed by atoms with Crippen LogP contribution in [0.25, 0.3) is 0 Å². The zero-order chi connectivity index (χ0) is 19.7. The maximum atomic E-state index is 13.1. The van der Waals surface area contributed by atoms with Gasteiger partial charge in [-0.05, 0) is 48.5 Å².